The highest BCUT2D eigenvalue weighted by Crippen LogP contribution is 2.42. The van der Waals surface area contributed by atoms with Crippen molar-refractivity contribution in [1.82, 2.24) is 4.98 Å². The van der Waals surface area contributed by atoms with E-state index < -0.39 is 37.8 Å². The predicted molar refractivity (Wildman–Crippen MR) is 203 cm³/mol. The van der Waals surface area contributed by atoms with Crippen LogP contribution in [0.4, 0.5) is 0 Å². The fraction of sp³-hybridized carbons (Fsp3) is 0.625. The standard InChI is InChI=1S/C40H61NO6SSi/c1-27-17-15-13-14-16-18-34(28(2)23-32-26-48-30(4)41-32)46-36(42)24-35(45-25-31-19-21-33(44-10)22-20-31)40(8,9)38(43)29(3)37(27)47-49(11,12)39(5,6)7/h14,16,19-23,26-27,29,34-35,37H,13,15,17-18,24-25H2,1-12H3/b16-14-,28-23+/t27-,29+,34-,35-,37-/m0/s1. The number of Topliss-reactive ketones (excluding diaryl/α,β-unsaturated/α-hetero) is 1. The van der Waals surface area contributed by atoms with Crippen molar-refractivity contribution < 1.29 is 28.2 Å². The van der Waals surface area contributed by atoms with Crippen LogP contribution in [-0.2, 0) is 30.1 Å². The van der Waals surface area contributed by atoms with Gasteiger partial charge in [-0.3, -0.25) is 9.59 Å². The Kier molecular flexibility index (Phi) is 14.6. The van der Waals surface area contributed by atoms with Gasteiger partial charge in [0, 0.05) is 17.7 Å². The van der Waals surface area contributed by atoms with Crippen LogP contribution in [0.15, 0.2) is 47.4 Å². The lowest BCUT2D eigenvalue weighted by Crippen LogP contribution is -2.52. The number of aryl methyl sites for hydroxylation is 1. The van der Waals surface area contributed by atoms with Crippen LogP contribution in [0.1, 0.15) is 104 Å². The number of carbonyl (C=O) groups is 2. The van der Waals surface area contributed by atoms with E-state index in [4.69, 9.17) is 18.6 Å². The normalized spacial score (nSPS) is 25.9. The molecule has 1 aromatic carbocycles. The molecule has 0 aliphatic carbocycles. The zero-order valence-corrected chi connectivity index (χ0v) is 33.9. The minimum atomic E-state index is -2.21. The van der Waals surface area contributed by atoms with Gasteiger partial charge in [-0.1, -0.05) is 72.8 Å². The summed E-state index contributed by atoms with van der Waals surface area (Å²) in [5, 5.41) is 2.99. The summed E-state index contributed by atoms with van der Waals surface area (Å²) in [6.45, 7) is 23.4. The van der Waals surface area contributed by atoms with Crippen molar-refractivity contribution >= 4 is 37.5 Å². The van der Waals surface area contributed by atoms with Gasteiger partial charge in [-0.2, -0.15) is 0 Å². The molecule has 2 heterocycles. The molecule has 0 unspecified atom stereocenters. The molecule has 3 rings (SSSR count). The first-order valence-corrected chi connectivity index (χ1v) is 21.6. The Morgan fingerprint density at radius 1 is 1.12 bits per heavy atom. The topological polar surface area (TPSA) is 84.0 Å². The summed E-state index contributed by atoms with van der Waals surface area (Å²) in [5.41, 5.74) is 1.70. The fourth-order valence-electron chi connectivity index (χ4n) is 6.08. The van der Waals surface area contributed by atoms with Crippen LogP contribution in [0, 0.1) is 24.2 Å². The monoisotopic (exact) mass is 711 g/mol. The average Bonchev–Trinajstić information content (AvgIpc) is 3.45. The number of aromatic nitrogens is 1. The fourth-order valence-corrected chi connectivity index (χ4v) is 8.12. The van der Waals surface area contributed by atoms with E-state index in [0.29, 0.717) is 6.42 Å². The smallest absolute Gasteiger partial charge is 0.309 e. The maximum atomic E-state index is 14.7. The minimum Gasteiger partial charge on any atom is -0.497 e. The van der Waals surface area contributed by atoms with Crippen molar-refractivity contribution in [2.24, 2.45) is 17.3 Å². The summed E-state index contributed by atoms with van der Waals surface area (Å²) in [7, 11) is -0.576. The molecular weight excluding hydrogens is 651 g/mol. The van der Waals surface area contributed by atoms with Gasteiger partial charge in [0.25, 0.3) is 0 Å². The van der Waals surface area contributed by atoms with Gasteiger partial charge >= 0.3 is 5.97 Å². The van der Waals surface area contributed by atoms with E-state index in [1.165, 1.54) is 0 Å². The van der Waals surface area contributed by atoms with E-state index in [1.807, 2.05) is 70.3 Å². The molecule has 9 heteroatoms. The summed E-state index contributed by atoms with van der Waals surface area (Å²) in [4.78, 5) is 33.1. The molecule has 5 atom stereocenters. The van der Waals surface area contributed by atoms with E-state index in [9.17, 15) is 9.59 Å². The van der Waals surface area contributed by atoms with Gasteiger partial charge in [0.15, 0.2) is 8.32 Å². The number of cyclic esters (lactones) is 1. The maximum Gasteiger partial charge on any atom is 0.309 e. The highest BCUT2D eigenvalue weighted by atomic mass is 32.1. The Morgan fingerprint density at radius 3 is 2.39 bits per heavy atom. The second kappa shape index (κ2) is 17.6. The van der Waals surface area contributed by atoms with Crippen molar-refractivity contribution in [2.75, 3.05) is 7.11 Å². The molecule has 7 nitrogen and oxygen atoms in total. The highest BCUT2D eigenvalue weighted by Gasteiger charge is 2.47. The van der Waals surface area contributed by atoms with Gasteiger partial charge in [0.05, 0.1) is 48.5 Å². The summed E-state index contributed by atoms with van der Waals surface area (Å²) >= 11 is 1.59. The number of hydrogen-bond donors (Lipinski definition) is 0. The zero-order chi connectivity index (χ0) is 36.6. The third-order valence-corrected chi connectivity index (χ3v) is 15.7. The summed E-state index contributed by atoms with van der Waals surface area (Å²) in [6, 6.07) is 7.63. The molecule has 1 aliphatic heterocycles. The van der Waals surface area contributed by atoms with Crippen LogP contribution in [-0.4, -0.2) is 50.5 Å². The van der Waals surface area contributed by atoms with Gasteiger partial charge in [0.1, 0.15) is 17.6 Å². The van der Waals surface area contributed by atoms with Crippen LogP contribution in [0.2, 0.25) is 18.1 Å². The number of hydrogen-bond acceptors (Lipinski definition) is 8. The van der Waals surface area contributed by atoms with E-state index in [1.54, 1.807) is 18.4 Å². The quantitative estimate of drug-likeness (QED) is 0.153. The molecule has 1 aliphatic rings. The van der Waals surface area contributed by atoms with E-state index in [-0.39, 0.29) is 35.9 Å². The molecule has 0 amide bonds. The van der Waals surface area contributed by atoms with E-state index in [0.717, 1.165) is 46.9 Å². The molecule has 49 heavy (non-hydrogen) atoms. The number of esters is 1. The number of ether oxygens (including phenoxy) is 3. The zero-order valence-electron chi connectivity index (χ0n) is 32.1. The van der Waals surface area contributed by atoms with Gasteiger partial charge < -0.3 is 18.6 Å². The largest absolute Gasteiger partial charge is 0.497 e. The van der Waals surface area contributed by atoms with Gasteiger partial charge in [0.2, 0.25) is 0 Å². The summed E-state index contributed by atoms with van der Waals surface area (Å²) in [5.74, 6) is 0.163. The minimum absolute atomic E-state index is 0.00179. The second-order valence-electron chi connectivity index (χ2n) is 15.8. The Balaban J connectivity index is 2.01. The lowest BCUT2D eigenvalue weighted by Gasteiger charge is -2.44. The Labute approximate surface area is 301 Å². The predicted octanol–water partition coefficient (Wildman–Crippen LogP) is 10.1. The van der Waals surface area contributed by atoms with Crippen LogP contribution >= 0.6 is 11.3 Å². The molecule has 0 saturated heterocycles. The van der Waals surface area contributed by atoms with Gasteiger partial charge in [-0.15, -0.1) is 11.3 Å². The number of methoxy groups -OCH3 is 1. The van der Waals surface area contributed by atoms with Crippen LogP contribution in [0.25, 0.3) is 6.08 Å². The molecule has 0 spiro atoms. The SMILES string of the molecule is COc1ccc(CO[C@H]2CC(=O)O[C@H](/C(C)=C/c3csc(C)n3)C/C=C\CCC[C@H](C)[C@H](O[Si](C)(C)C(C)(C)C)[C@@H](C)C(=O)C2(C)C)cc1. The molecule has 0 bridgehead atoms. The third-order valence-electron chi connectivity index (χ3n) is 10.4. The molecule has 1 aromatic heterocycles. The molecule has 2 aromatic rings. The third kappa shape index (κ3) is 11.5. The van der Waals surface area contributed by atoms with E-state index in [2.05, 4.69) is 57.9 Å². The number of nitrogens with zero attached hydrogens (tertiary/aromatic N) is 1. The number of allylic oxidation sites excluding steroid dienone is 1. The summed E-state index contributed by atoms with van der Waals surface area (Å²) in [6.07, 6.45) is 8.18. The lowest BCUT2D eigenvalue weighted by atomic mass is 9.73. The van der Waals surface area contributed by atoms with E-state index >= 15 is 0 Å². The molecule has 0 saturated carbocycles. The van der Waals surface area contributed by atoms with Crippen molar-refractivity contribution in [1.29, 1.82) is 0 Å². The number of rotatable bonds is 8. The Bertz CT molecular complexity index is 1440. The number of ketones is 1. The number of benzene rings is 1. The maximum absolute atomic E-state index is 14.7. The first kappa shape index (κ1) is 40.8. The highest BCUT2D eigenvalue weighted by molar-refractivity contribution is 7.09. The average molecular weight is 712 g/mol. The van der Waals surface area contributed by atoms with Gasteiger partial charge in [-0.05, 0) is 86.5 Å². The first-order chi connectivity index (χ1) is 22.9. The number of thiazole rings is 1. The molecule has 272 valence electrons. The number of carbonyl (C=O) groups excluding carboxylic acids is 2. The van der Waals surface area contributed by atoms with Crippen molar-refractivity contribution in [3.63, 3.8) is 0 Å². The molecule has 0 N–H and O–H groups in total. The van der Waals surface area contributed by atoms with Crippen LogP contribution in [0.5, 0.6) is 5.75 Å². The van der Waals surface area contributed by atoms with Crippen molar-refractivity contribution in [3.8, 4) is 5.75 Å². The van der Waals surface area contributed by atoms with Crippen LogP contribution < -0.4 is 4.74 Å². The lowest BCUT2D eigenvalue weighted by molar-refractivity contribution is -0.158. The molecule has 0 radical (unpaired) electrons. The molecule has 0 fully saturated rings. The van der Waals surface area contributed by atoms with Gasteiger partial charge in [-0.25, -0.2) is 4.98 Å². The first-order valence-electron chi connectivity index (χ1n) is 17.8. The summed E-state index contributed by atoms with van der Waals surface area (Å²) < 4.78 is 25.1. The van der Waals surface area contributed by atoms with Crippen molar-refractivity contribution in [3.05, 3.63) is 63.6 Å². The van der Waals surface area contributed by atoms with Crippen molar-refractivity contribution in [2.45, 2.75) is 137 Å². The Morgan fingerprint density at radius 2 is 1.80 bits per heavy atom. The van der Waals surface area contributed by atoms with Crippen LogP contribution in [0.3, 0.4) is 0 Å². The molecular formula is C40H61NO6SSi. The second-order valence-corrected chi connectivity index (χ2v) is 21.7. The Hall–Kier alpha value is -2.59.